The summed E-state index contributed by atoms with van der Waals surface area (Å²) in [5.41, 5.74) is 1.42. The van der Waals surface area contributed by atoms with Crippen molar-refractivity contribution in [2.45, 2.75) is 51.7 Å². The molecular formula is C20H26N4O3. The molecule has 0 radical (unpaired) electrons. The number of esters is 1. The lowest BCUT2D eigenvalue weighted by Crippen LogP contribution is -2.38. The van der Waals surface area contributed by atoms with Gasteiger partial charge in [0, 0.05) is 6.54 Å². The third-order valence-corrected chi connectivity index (χ3v) is 4.94. The molecule has 7 heteroatoms. The third-order valence-electron chi connectivity index (χ3n) is 4.94. The number of benzene rings is 1. The van der Waals surface area contributed by atoms with Crippen LogP contribution < -0.4 is 5.32 Å². The highest BCUT2D eigenvalue weighted by molar-refractivity contribution is 5.92. The number of carbonyl (C=O) groups is 2. The Labute approximate surface area is 159 Å². The summed E-state index contributed by atoms with van der Waals surface area (Å²) in [5, 5.41) is 6.96. The minimum Gasteiger partial charge on any atom is -0.449 e. The monoisotopic (exact) mass is 370 g/mol. The Morgan fingerprint density at radius 3 is 2.63 bits per heavy atom. The van der Waals surface area contributed by atoms with Gasteiger partial charge in [-0.15, -0.1) is 0 Å². The van der Waals surface area contributed by atoms with Crippen molar-refractivity contribution in [3.63, 3.8) is 0 Å². The maximum absolute atomic E-state index is 12.3. The highest BCUT2D eigenvalue weighted by Crippen LogP contribution is 2.22. The highest BCUT2D eigenvalue weighted by Gasteiger charge is 2.20. The SMILES string of the molecule is C[C@H](OC(=O)c1ccc(Cn2cncn2)cc1)C(=O)NCC1CCCCC1. The molecule has 1 aliphatic carbocycles. The van der Waals surface area contributed by atoms with Crippen LogP contribution in [-0.4, -0.2) is 39.3 Å². The fourth-order valence-corrected chi connectivity index (χ4v) is 3.31. The predicted molar refractivity (Wildman–Crippen MR) is 100 cm³/mol. The number of aromatic nitrogens is 3. The van der Waals surface area contributed by atoms with Crippen LogP contribution in [0, 0.1) is 5.92 Å². The van der Waals surface area contributed by atoms with Crippen molar-refractivity contribution in [2.24, 2.45) is 5.92 Å². The van der Waals surface area contributed by atoms with Crippen molar-refractivity contribution in [3.05, 3.63) is 48.0 Å². The van der Waals surface area contributed by atoms with Gasteiger partial charge >= 0.3 is 5.97 Å². The molecule has 144 valence electrons. The summed E-state index contributed by atoms with van der Waals surface area (Å²) in [6, 6.07) is 7.07. The van der Waals surface area contributed by atoms with E-state index < -0.39 is 12.1 Å². The lowest BCUT2D eigenvalue weighted by Gasteiger charge is -2.22. The molecule has 0 spiro atoms. The van der Waals surface area contributed by atoms with Crippen molar-refractivity contribution < 1.29 is 14.3 Å². The van der Waals surface area contributed by atoms with E-state index in [1.165, 1.54) is 25.6 Å². The van der Waals surface area contributed by atoms with Crippen LogP contribution in [0.15, 0.2) is 36.9 Å². The van der Waals surface area contributed by atoms with Crippen molar-refractivity contribution in [1.82, 2.24) is 20.1 Å². The zero-order chi connectivity index (χ0) is 19.1. The summed E-state index contributed by atoms with van der Waals surface area (Å²) in [7, 11) is 0. The summed E-state index contributed by atoms with van der Waals surface area (Å²) in [6.45, 7) is 2.85. The largest absolute Gasteiger partial charge is 0.449 e. The standard InChI is InChI=1S/C20H26N4O3/c1-15(19(25)22-11-16-5-3-2-4-6-16)27-20(26)18-9-7-17(8-10-18)12-24-14-21-13-23-24/h7-10,13-16H,2-6,11-12H2,1H3,(H,22,25)/t15-/m0/s1. The molecule has 27 heavy (non-hydrogen) atoms. The summed E-state index contributed by atoms with van der Waals surface area (Å²) in [5.74, 6) is -0.192. The van der Waals surface area contributed by atoms with Gasteiger partial charge in [-0.1, -0.05) is 31.4 Å². The molecule has 1 aromatic heterocycles. The normalized spacial score (nSPS) is 15.9. The summed E-state index contributed by atoms with van der Waals surface area (Å²) in [4.78, 5) is 28.3. The first-order chi connectivity index (χ1) is 13.1. The number of nitrogens with one attached hydrogen (secondary N) is 1. The average Bonchev–Trinajstić information content (AvgIpc) is 3.20. The molecule has 0 saturated heterocycles. The summed E-state index contributed by atoms with van der Waals surface area (Å²) < 4.78 is 7.01. The first kappa shape index (κ1) is 19.1. The van der Waals surface area contributed by atoms with E-state index in [1.807, 2.05) is 12.1 Å². The molecule has 0 unspecified atom stereocenters. The topological polar surface area (TPSA) is 86.1 Å². The van der Waals surface area contributed by atoms with Gasteiger partial charge in [-0.2, -0.15) is 5.10 Å². The van der Waals surface area contributed by atoms with Crippen LogP contribution in [0.3, 0.4) is 0 Å². The Morgan fingerprint density at radius 2 is 1.96 bits per heavy atom. The Kier molecular flexibility index (Phi) is 6.57. The lowest BCUT2D eigenvalue weighted by molar-refractivity contribution is -0.129. The molecule has 1 aliphatic rings. The molecule has 1 amide bonds. The number of rotatable bonds is 7. The second-order valence-electron chi connectivity index (χ2n) is 7.09. The number of amides is 1. The van der Waals surface area contributed by atoms with Gasteiger partial charge in [0.25, 0.3) is 5.91 Å². The molecule has 7 nitrogen and oxygen atoms in total. The molecule has 1 heterocycles. The molecule has 0 bridgehead atoms. The van der Waals surface area contributed by atoms with Gasteiger partial charge in [-0.05, 0) is 43.4 Å². The molecule has 2 aromatic rings. The van der Waals surface area contributed by atoms with E-state index in [0.717, 1.165) is 18.4 Å². The summed E-state index contributed by atoms with van der Waals surface area (Å²) >= 11 is 0. The first-order valence-electron chi connectivity index (χ1n) is 9.52. The van der Waals surface area contributed by atoms with Crippen LogP contribution in [0.5, 0.6) is 0 Å². The van der Waals surface area contributed by atoms with Crippen LogP contribution in [0.2, 0.25) is 0 Å². The number of hydrogen-bond donors (Lipinski definition) is 1. The molecule has 1 fully saturated rings. The quantitative estimate of drug-likeness (QED) is 0.757. The fourth-order valence-electron chi connectivity index (χ4n) is 3.31. The maximum atomic E-state index is 12.3. The van der Waals surface area contributed by atoms with Crippen LogP contribution in [-0.2, 0) is 16.1 Å². The molecular weight excluding hydrogens is 344 g/mol. The van der Waals surface area contributed by atoms with Crippen molar-refractivity contribution in [3.8, 4) is 0 Å². The Hall–Kier alpha value is -2.70. The number of hydrogen-bond acceptors (Lipinski definition) is 5. The Balaban J connectivity index is 1.46. The fraction of sp³-hybridized carbons (Fsp3) is 0.500. The van der Waals surface area contributed by atoms with Crippen molar-refractivity contribution in [1.29, 1.82) is 0 Å². The molecule has 1 N–H and O–H groups in total. The predicted octanol–water partition coefficient (Wildman–Crippen LogP) is 2.57. The third kappa shape index (κ3) is 5.64. The lowest BCUT2D eigenvalue weighted by atomic mass is 9.89. The van der Waals surface area contributed by atoms with Crippen molar-refractivity contribution in [2.75, 3.05) is 6.54 Å². The highest BCUT2D eigenvalue weighted by atomic mass is 16.5. The van der Waals surface area contributed by atoms with Gasteiger partial charge in [0.05, 0.1) is 12.1 Å². The van der Waals surface area contributed by atoms with Gasteiger partial charge < -0.3 is 10.1 Å². The van der Waals surface area contributed by atoms with Gasteiger partial charge in [0.15, 0.2) is 6.10 Å². The van der Waals surface area contributed by atoms with Crippen LogP contribution in [0.25, 0.3) is 0 Å². The summed E-state index contributed by atoms with van der Waals surface area (Å²) in [6.07, 6.45) is 8.38. The van der Waals surface area contributed by atoms with E-state index in [2.05, 4.69) is 15.4 Å². The zero-order valence-corrected chi connectivity index (χ0v) is 15.6. The molecule has 1 aromatic carbocycles. The Bertz CT molecular complexity index is 737. The van der Waals surface area contributed by atoms with Gasteiger partial charge in [-0.3, -0.25) is 4.79 Å². The molecule has 1 saturated carbocycles. The number of carbonyl (C=O) groups excluding carboxylic acids is 2. The minimum atomic E-state index is -0.809. The van der Waals surface area contributed by atoms with Crippen LogP contribution in [0.4, 0.5) is 0 Å². The first-order valence-corrected chi connectivity index (χ1v) is 9.52. The van der Waals surface area contributed by atoms with E-state index in [-0.39, 0.29) is 5.91 Å². The van der Waals surface area contributed by atoms with Crippen LogP contribution >= 0.6 is 0 Å². The van der Waals surface area contributed by atoms with Gasteiger partial charge in [0.1, 0.15) is 12.7 Å². The molecule has 1 atom stereocenters. The second kappa shape index (κ2) is 9.30. The molecule has 0 aliphatic heterocycles. The van der Waals surface area contributed by atoms with Gasteiger partial charge in [0.2, 0.25) is 0 Å². The maximum Gasteiger partial charge on any atom is 0.338 e. The van der Waals surface area contributed by atoms with E-state index in [9.17, 15) is 9.59 Å². The molecule has 3 rings (SSSR count). The Morgan fingerprint density at radius 1 is 1.22 bits per heavy atom. The minimum absolute atomic E-state index is 0.239. The smallest absolute Gasteiger partial charge is 0.338 e. The van der Waals surface area contributed by atoms with E-state index >= 15 is 0 Å². The van der Waals surface area contributed by atoms with E-state index in [4.69, 9.17) is 4.74 Å². The number of nitrogens with zero attached hydrogens (tertiary/aromatic N) is 3. The van der Waals surface area contributed by atoms with Crippen molar-refractivity contribution >= 4 is 11.9 Å². The average molecular weight is 370 g/mol. The van der Waals surface area contributed by atoms with Gasteiger partial charge in [-0.25, -0.2) is 14.5 Å². The number of ether oxygens (including phenoxy) is 1. The second-order valence-corrected chi connectivity index (χ2v) is 7.09. The van der Waals surface area contributed by atoms with Crippen LogP contribution in [0.1, 0.15) is 54.9 Å². The van der Waals surface area contributed by atoms with E-state index in [1.54, 1.807) is 30.1 Å². The van der Waals surface area contributed by atoms with E-state index in [0.29, 0.717) is 24.6 Å². The zero-order valence-electron chi connectivity index (χ0n) is 15.6.